The minimum absolute atomic E-state index is 0.131. The van der Waals surface area contributed by atoms with Gasteiger partial charge in [-0.15, -0.1) is 11.3 Å². The number of halogens is 1. The van der Waals surface area contributed by atoms with Crippen molar-refractivity contribution in [1.82, 2.24) is 10.2 Å². The molecule has 6 heteroatoms. The summed E-state index contributed by atoms with van der Waals surface area (Å²) in [7, 11) is 0. The van der Waals surface area contributed by atoms with Gasteiger partial charge in [0.15, 0.2) is 0 Å². The van der Waals surface area contributed by atoms with E-state index in [4.69, 9.17) is 0 Å². The lowest BCUT2D eigenvalue weighted by atomic mass is 10.0. The maximum absolute atomic E-state index is 13.6. The minimum Gasteiger partial charge on any atom is -0.351 e. The van der Waals surface area contributed by atoms with E-state index in [1.807, 2.05) is 48.7 Å². The zero-order valence-corrected chi connectivity index (χ0v) is 19.6. The van der Waals surface area contributed by atoms with E-state index in [1.165, 1.54) is 23.5 Å². The zero-order valence-electron chi connectivity index (χ0n) is 18.8. The van der Waals surface area contributed by atoms with Gasteiger partial charge in [0.05, 0.1) is 6.42 Å². The molecule has 1 heterocycles. The Morgan fingerprint density at radius 1 is 1.06 bits per heavy atom. The number of hydrogen-bond donors (Lipinski definition) is 1. The summed E-state index contributed by atoms with van der Waals surface area (Å²) in [5.74, 6) is -0.620. The largest absolute Gasteiger partial charge is 0.351 e. The van der Waals surface area contributed by atoms with Crippen LogP contribution in [0.4, 0.5) is 4.39 Å². The summed E-state index contributed by atoms with van der Waals surface area (Å²) in [5.41, 5.74) is 2.64. The van der Waals surface area contributed by atoms with E-state index < -0.39 is 6.04 Å². The van der Waals surface area contributed by atoms with Crippen LogP contribution in [0.2, 0.25) is 0 Å². The maximum Gasteiger partial charge on any atom is 0.247 e. The Bertz CT molecular complexity index is 1060. The smallest absolute Gasteiger partial charge is 0.247 e. The van der Waals surface area contributed by atoms with Gasteiger partial charge in [-0.2, -0.15) is 0 Å². The molecule has 3 aromatic rings. The van der Waals surface area contributed by atoms with Crippen LogP contribution in [0.1, 0.15) is 53.3 Å². The van der Waals surface area contributed by atoms with Crippen LogP contribution in [0.5, 0.6) is 0 Å². The summed E-state index contributed by atoms with van der Waals surface area (Å²) < 4.78 is 13.5. The lowest BCUT2D eigenvalue weighted by Gasteiger charge is -2.32. The van der Waals surface area contributed by atoms with Crippen LogP contribution in [0.25, 0.3) is 0 Å². The molecule has 0 saturated heterocycles. The number of carbonyl (C=O) groups excluding carboxylic acids is 2. The average molecular weight is 465 g/mol. The molecule has 4 nitrogen and oxygen atoms in total. The van der Waals surface area contributed by atoms with E-state index >= 15 is 0 Å². The second kappa shape index (κ2) is 10.8. The fraction of sp³-hybridized carbons (Fsp3) is 0.333. The van der Waals surface area contributed by atoms with Crippen molar-refractivity contribution in [3.63, 3.8) is 0 Å². The summed E-state index contributed by atoms with van der Waals surface area (Å²) in [4.78, 5) is 29.8. The van der Waals surface area contributed by atoms with E-state index in [2.05, 4.69) is 5.32 Å². The van der Waals surface area contributed by atoms with Crippen LogP contribution < -0.4 is 5.32 Å². The zero-order chi connectivity index (χ0) is 23.2. The van der Waals surface area contributed by atoms with Crippen LogP contribution in [0.15, 0.2) is 66.0 Å². The number of nitrogens with one attached hydrogen (secondary N) is 1. The van der Waals surface area contributed by atoms with Crippen molar-refractivity contribution in [3.8, 4) is 0 Å². The molecule has 1 fully saturated rings. The Balaban J connectivity index is 1.69. The third-order valence-electron chi connectivity index (χ3n) is 6.15. The normalized spacial score (nSPS) is 14.7. The molecule has 0 aliphatic heterocycles. The molecule has 0 unspecified atom stereocenters. The standard InChI is InChI=1S/C27H29FN2O2S/c1-19-8-12-21(13-9-19)26(27(32)29-23-5-2-3-6-23)30(18-20-10-14-22(28)15-11-20)25(31)17-24-7-4-16-33-24/h4,7-16,23,26H,2-3,5-6,17-18H2,1H3,(H,29,32)/t26-/m0/s1. The summed E-state index contributed by atoms with van der Waals surface area (Å²) in [5, 5.41) is 5.13. The van der Waals surface area contributed by atoms with Crippen molar-refractivity contribution < 1.29 is 14.0 Å². The number of amides is 2. The van der Waals surface area contributed by atoms with Gasteiger partial charge in [-0.05, 0) is 54.5 Å². The lowest BCUT2D eigenvalue weighted by Crippen LogP contribution is -2.46. The Kier molecular flexibility index (Phi) is 7.55. The van der Waals surface area contributed by atoms with Crippen molar-refractivity contribution in [2.75, 3.05) is 0 Å². The Morgan fingerprint density at radius 2 is 1.76 bits per heavy atom. The first-order chi connectivity index (χ1) is 16.0. The van der Waals surface area contributed by atoms with Gasteiger partial charge in [0, 0.05) is 17.5 Å². The second-order valence-electron chi connectivity index (χ2n) is 8.71. The number of rotatable bonds is 8. The summed E-state index contributed by atoms with van der Waals surface area (Å²) in [6, 6.07) is 17.1. The Labute approximate surface area is 198 Å². The molecule has 33 heavy (non-hydrogen) atoms. The highest BCUT2D eigenvalue weighted by Crippen LogP contribution is 2.27. The van der Waals surface area contributed by atoms with Crippen molar-refractivity contribution in [1.29, 1.82) is 0 Å². The predicted molar refractivity (Wildman–Crippen MR) is 129 cm³/mol. The van der Waals surface area contributed by atoms with E-state index in [9.17, 15) is 14.0 Å². The number of benzene rings is 2. The fourth-order valence-corrected chi connectivity index (χ4v) is 5.04. The summed E-state index contributed by atoms with van der Waals surface area (Å²) >= 11 is 1.52. The van der Waals surface area contributed by atoms with Crippen LogP contribution >= 0.6 is 11.3 Å². The fourth-order valence-electron chi connectivity index (χ4n) is 4.35. The Hall–Kier alpha value is -2.99. The van der Waals surface area contributed by atoms with Crippen LogP contribution in [-0.2, 0) is 22.6 Å². The van der Waals surface area contributed by atoms with Crippen LogP contribution in [0, 0.1) is 12.7 Å². The number of nitrogens with zero attached hydrogens (tertiary/aromatic N) is 1. The molecule has 1 atom stereocenters. The van der Waals surface area contributed by atoms with Gasteiger partial charge in [0.25, 0.3) is 0 Å². The topological polar surface area (TPSA) is 49.4 Å². The molecule has 2 aromatic carbocycles. The highest BCUT2D eigenvalue weighted by molar-refractivity contribution is 7.10. The molecule has 1 aliphatic rings. The molecule has 1 N–H and O–H groups in total. The maximum atomic E-state index is 13.6. The summed E-state index contributed by atoms with van der Waals surface area (Å²) in [6.45, 7) is 2.22. The van der Waals surface area contributed by atoms with E-state index in [1.54, 1.807) is 17.0 Å². The third-order valence-corrected chi connectivity index (χ3v) is 7.02. The van der Waals surface area contributed by atoms with E-state index in [0.717, 1.165) is 47.3 Å². The Morgan fingerprint density at radius 3 is 2.39 bits per heavy atom. The minimum atomic E-state index is -0.760. The van der Waals surface area contributed by atoms with Gasteiger partial charge >= 0.3 is 0 Å². The molecule has 0 spiro atoms. The van der Waals surface area contributed by atoms with Crippen molar-refractivity contribution >= 4 is 23.2 Å². The SMILES string of the molecule is Cc1ccc([C@@H](C(=O)NC2CCCC2)N(Cc2ccc(F)cc2)C(=O)Cc2cccs2)cc1. The van der Waals surface area contributed by atoms with Gasteiger partial charge in [-0.25, -0.2) is 4.39 Å². The van der Waals surface area contributed by atoms with E-state index in [-0.39, 0.29) is 36.6 Å². The second-order valence-corrected chi connectivity index (χ2v) is 9.74. The molecule has 0 bridgehead atoms. The van der Waals surface area contributed by atoms with E-state index in [0.29, 0.717) is 0 Å². The van der Waals surface area contributed by atoms with Gasteiger partial charge < -0.3 is 10.2 Å². The number of hydrogen-bond acceptors (Lipinski definition) is 3. The lowest BCUT2D eigenvalue weighted by molar-refractivity contribution is -0.141. The molecular weight excluding hydrogens is 435 g/mol. The first kappa shape index (κ1) is 23.2. The van der Waals surface area contributed by atoms with Gasteiger partial charge in [-0.3, -0.25) is 9.59 Å². The van der Waals surface area contributed by atoms with Gasteiger partial charge in [-0.1, -0.05) is 60.9 Å². The summed E-state index contributed by atoms with van der Waals surface area (Å²) in [6.07, 6.45) is 4.37. The molecule has 1 aromatic heterocycles. The quantitative estimate of drug-likeness (QED) is 0.474. The highest BCUT2D eigenvalue weighted by Gasteiger charge is 2.33. The molecule has 0 radical (unpaired) electrons. The number of aryl methyl sites for hydroxylation is 1. The van der Waals surface area contributed by atoms with Crippen molar-refractivity contribution in [2.45, 2.75) is 57.7 Å². The number of carbonyl (C=O) groups is 2. The molecule has 2 amide bonds. The van der Waals surface area contributed by atoms with Crippen LogP contribution in [-0.4, -0.2) is 22.8 Å². The molecule has 1 aliphatic carbocycles. The van der Waals surface area contributed by atoms with Gasteiger partial charge in [0.1, 0.15) is 11.9 Å². The first-order valence-corrected chi connectivity index (χ1v) is 12.3. The van der Waals surface area contributed by atoms with Crippen LogP contribution in [0.3, 0.4) is 0 Å². The average Bonchev–Trinajstić information content (AvgIpc) is 3.50. The van der Waals surface area contributed by atoms with Crippen molar-refractivity contribution in [2.24, 2.45) is 0 Å². The highest BCUT2D eigenvalue weighted by atomic mass is 32.1. The first-order valence-electron chi connectivity index (χ1n) is 11.4. The van der Waals surface area contributed by atoms with Crippen molar-refractivity contribution in [3.05, 3.63) is 93.4 Å². The molecule has 4 rings (SSSR count). The van der Waals surface area contributed by atoms with Gasteiger partial charge in [0.2, 0.25) is 11.8 Å². The number of thiophene rings is 1. The molecular formula is C27H29FN2O2S. The monoisotopic (exact) mass is 464 g/mol. The molecule has 172 valence electrons. The molecule has 1 saturated carbocycles. The third kappa shape index (κ3) is 6.08. The predicted octanol–water partition coefficient (Wildman–Crippen LogP) is 5.57.